The van der Waals surface area contributed by atoms with Crippen molar-refractivity contribution in [3.63, 3.8) is 0 Å². The normalized spacial score (nSPS) is 19.2. The van der Waals surface area contributed by atoms with E-state index in [1.54, 1.807) is 0 Å². The van der Waals surface area contributed by atoms with E-state index >= 15 is 0 Å². The van der Waals surface area contributed by atoms with Gasteiger partial charge in [-0.1, -0.05) is 0 Å². The molecule has 1 saturated heterocycles. The Morgan fingerprint density at radius 2 is 2.06 bits per heavy atom. The maximum atomic E-state index is 11.7. The fourth-order valence-electron chi connectivity index (χ4n) is 2.50. The molecule has 0 radical (unpaired) electrons. The summed E-state index contributed by atoms with van der Waals surface area (Å²) >= 11 is 0. The van der Waals surface area contributed by atoms with Gasteiger partial charge < -0.3 is 10.2 Å². The number of carbonyl (C=O) groups excluding carboxylic acids is 2. The predicted molar refractivity (Wildman–Crippen MR) is 64.1 cm³/mol. The van der Waals surface area contributed by atoms with E-state index in [-0.39, 0.29) is 11.8 Å². The topological polar surface area (TPSA) is 49.4 Å². The summed E-state index contributed by atoms with van der Waals surface area (Å²) in [6, 6.07) is 5.68. The number of nitrogens with one attached hydrogen (secondary N) is 1. The molecule has 0 bridgehead atoms. The van der Waals surface area contributed by atoms with Crippen LogP contribution in [0.4, 0.5) is 5.69 Å². The van der Waals surface area contributed by atoms with Gasteiger partial charge in [-0.05, 0) is 36.6 Å². The van der Waals surface area contributed by atoms with E-state index in [9.17, 15) is 9.59 Å². The molecule has 88 valence electrons. The zero-order valence-corrected chi connectivity index (χ0v) is 9.53. The van der Waals surface area contributed by atoms with Crippen LogP contribution in [0.5, 0.6) is 0 Å². The SMILES string of the molecule is O=C1NCCc2cc(N3CCCC3=O)ccc21. The fourth-order valence-corrected chi connectivity index (χ4v) is 2.50. The van der Waals surface area contributed by atoms with Crippen molar-refractivity contribution in [1.82, 2.24) is 5.32 Å². The van der Waals surface area contributed by atoms with Gasteiger partial charge in [-0.2, -0.15) is 0 Å². The molecule has 4 heteroatoms. The van der Waals surface area contributed by atoms with Gasteiger partial charge in [-0.25, -0.2) is 0 Å². The van der Waals surface area contributed by atoms with Crippen LogP contribution in [0.1, 0.15) is 28.8 Å². The number of rotatable bonds is 1. The lowest BCUT2D eigenvalue weighted by atomic mass is 9.99. The highest BCUT2D eigenvalue weighted by molar-refractivity contribution is 5.99. The minimum Gasteiger partial charge on any atom is -0.352 e. The smallest absolute Gasteiger partial charge is 0.251 e. The van der Waals surface area contributed by atoms with Crippen LogP contribution in [0.25, 0.3) is 0 Å². The Morgan fingerprint density at radius 1 is 1.18 bits per heavy atom. The van der Waals surface area contributed by atoms with Crippen molar-refractivity contribution in [3.8, 4) is 0 Å². The number of carbonyl (C=O) groups is 2. The van der Waals surface area contributed by atoms with Gasteiger partial charge in [0, 0.05) is 30.8 Å². The summed E-state index contributed by atoms with van der Waals surface area (Å²) in [6.45, 7) is 1.48. The third-order valence-electron chi connectivity index (χ3n) is 3.40. The van der Waals surface area contributed by atoms with Crippen molar-refractivity contribution >= 4 is 17.5 Å². The van der Waals surface area contributed by atoms with Gasteiger partial charge in [0.25, 0.3) is 5.91 Å². The van der Waals surface area contributed by atoms with Gasteiger partial charge in [-0.15, -0.1) is 0 Å². The average molecular weight is 230 g/mol. The fraction of sp³-hybridized carbons (Fsp3) is 0.385. The van der Waals surface area contributed by atoms with Gasteiger partial charge in [-0.3, -0.25) is 9.59 Å². The Bertz CT molecular complexity index is 496. The number of hydrogen-bond donors (Lipinski definition) is 1. The molecular formula is C13H14N2O2. The zero-order valence-electron chi connectivity index (χ0n) is 9.53. The van der Waals surface area contributed by atoms with E-state index < -0.39 is 0 Å². The summed E-state index contributed by atoms with van der Waals surface area (Å²) in [5.41, 5.74) is 2.72. The largest absolute Gasteiger partial charge is 0.352 e. The molecule has 2 aliphatic heterocycles. The van der Waals surface area contributed by atoms with Crippen molar-refractivity contribution in [3.05, 3.63) is 29.3 Å². The van der Waals surface area contributed by atoms with E-state index in [0.717, 1.165) is 36.2 Å². The quantitative estimate of drug-likeness (QED) is 0.785. The second kappa shape index (κ2) is 3.87. The van der Waals surface area contributed by atoms with Gasteiger partial charge in [0.1, 0.15) is 0 Å². The van der Waals surface area contributed by atoms with Crippen LogP contribution >= 0.6 is 0 Å². The minimum absolute atomic E-state index is 0.00875. The van der Waals surface area contributed by atoms with E-state index in [4.69, 9.17) is 0 Å². The first-order valence-electron chi connectivity index (χ1n) is 5.97. The van der Waals surface area contributed by atoms with Crippen molar-refractivity contribution in [2.45, 2.75) is 19.3 Å². The second-order valence-corrected chi connectivity index (χ2v) is 4.50. The van der Waals surface area contributed by atoms with Crippen LogP contribution in [0.3, 0.4) is 0 Å². The molecule has 3 rings (SSSR count). The first-order chi connectivity index (χ1) is 8.25. The lowest BCUT2D eigenvalue weighted by Crippen LogP contribution is -2.32. The molecule has 1 aromatic rings. The van der Waals surface area contributed by atoms with Crippen molar-refractivity contribution in [1.29, 1.82) is 0 Å². The molecule has 1 fully saturated rings. The molecule has 2 heterocycles. The van der Waals surface area contributed by atoms with Crippen molar-refractivity contribution in [2.75, 3.05) is 18.0 Å². The van der Waals surface area contributed by atoms with Crippen molar-refractivity contribution < 1.29 is 9.59 Å². The molecule has 0 spiro atoms. The average Bonchev–Trinajstić information content (AvgIpc) is 2.75. The molecular weight excluding hydrogens is 216 g/mol. The molecule has 4 nitrogen and oxygen atoms in total. The lowest BCUT2D eigenvalue weighted by molar-refractivity contribution is -0.117. The standard InChI is InChI=1S/C13H14N2O2/c16-12-2-1-7-15(12)10-3-4-11-9(8-10)5-6-14-13(11)17/h3-4,8H,1-2,5-7H2,(H,14,17). The number of benzene rings is 1. The summed E-state index contributed by atoms with van der Waals surface area (Å²) < 4.78 is 0. The molecule has 0 saturated carbocycles. The summed E-state index contributed by atoms with van der Waals surface area (Å²) in [7, 11) is 0. The van der Waals surface area contributed by atoms with Gasteiger partial charge in [0.05, 0.1) is 0 Å². The third kappa shape index (κ3) is 1.69. The highest BCUT2D eigenvalue weighted by Crippen LogP contribution is 2.25. The Hall–Kier alpha value is -1.84. The summed E-state index contributed by atoms with van der Waals surface area (Å²) in [5.74, 6) is 0.177. The first-order valence-corrected chi connectivity index (χ1v) is 5.97. The van der Waals surface area contributed by atoms with Crippen LogP contribution in [0.2, 0.25) is 0 Å². The molecule has 2 amide bonds. The summed E-state index contributed by atoms with van der Waals surface area (Å²) in [5, 5.41) is 2.82. The van der Waals surface area contributed by atoms with Crippen molar-refractivity contribution in [2.24, 2.45) is 0 Å². The molecule has 0 atom stereocenters. The number of hydrogen-bond acceptors (Lipinski definition) is 2. The number of nitrogens with zero attached hydrogens (tertiary/aromatic N) is 1. The maximum absolute atomic E-state index is 11.7. The van der Waals surface area contributed by atoms with Crippen LogP contribution in [-0.2, 0) is 11.2 Å². The number of fused-ring (bicyclic) bond motifs is 1. The molecule has 1 N–H and O–H groups in total. The maximum Gasteiger partial charge on any atom is 0.251 e. The van der Waals surface area contributed by atoms with Gasteiger partial charge in [0.2, 0.25) is 5.91 Å². The molecule has 0 aliphatic carbocycles. The summed E-state index contributed by atoms with van der Waals surface area (Å²) in [4.78, 5) is 25.1. The number of amides is 2. The lowest BCUT2D eigenvalue weighted by Gasteiger charge is -2.21. The zero-order chi connectivity index (χ0) is 11.8. The van der Waals surface area contributed by atoms with Crippen LogP contribution in [-0.4, -0.2) is 24.9 Å². The molecule has 17 heavy (non-hydrogen) atoms. The Balaban J connectivity index is 1.98. The van der Waals surface area contributed by atoms with E-state index in [0.29, 0.717) is 13.0 Å². The molecule has 2 aliphatic rings. The molecule has 0 aromatic heterocycles. The Labute approximate surface area is 99.6 Å². The van der Waals surface area contributed by atoms with E-state index in [2.05, 4.69) is 5.32 Å². The van der Waals surface area contributed by atoms with Gasteiger partial charge >= 0.3 is 0 Å². The Kier molecular flexibility index (Phi) is 2.35. The molecule has 0 unspecified atom stereocenters. The highest BCUT2D eigenvalue weighted by Gasteiger charge is 2.24. The Morgan fingerprint density at radius 3 is 2.82 bits per heavy atom. The first kappa shape index (κ1) is 10.3. The highest BCUT2D eigenvalue weighted by atomic mass is 16.2. The second-order valence-electron chi connectivity index (χ2n) is 4.50. The van der Waals surface area contributed by atoms with Crippen LogP contribution < -0.4 is 10.2 Å². The monoisotopic (exact) mass is 230 g/mol. The van der Waals surface area contributed by atoms with Crippen LogP contribution in [0, 0.1) is 0 Å². The van der Waals surface area contributed by atoms with Crippen LogP contribution in [0.15, 0.2) is 18.2 Å². The van der Waals surface area contributed by atoms with Gasteiger partial charge in [0.15, 0.2) is 0 Å². The molecule has 1 aromatic carbocycles. The number of anilines is 1. The predicted octanol–water partition coefficient (Wildman–Crippen LogP) is 1.10. The van der Waals surface area contributed by atoms with E-state index in [1.807, 2.05) is 23.1 Å². The minimum atomic E-state index is -0.00875. The summed E-state index contributed by atoms with van der Waals surface area (Å²) in [6.07, 6.45) is 2.41. The van der Waals surface area contributed by atoms with E-state index in [1.165, 1.54) is 0 Å². The third-order valence-corrected chi connectivity index (χ3v) is 3.40.